The average molecular weight is 527 g/mol. The second-order valence-corrected chi connectivity index (χ2v) is 10.3. The van der Waals surface area contributed by atoms with Crippen molar-refractivity contribution in [3.05, 3.63) is 112 Å². The van der Waals surface area contributed by atoms with Gasteiger partial charge in [-0.25, -0.2) is 4.98 Å². The molecule has 2 aromatic carbocycles. The van der Waals surface area contributed by atoms with Crippen molar-refractivity contribution >= 4 is 5.91 Å². The van der Waals surface area contributed by atoms with Crippen molar-refractivity contribution in [2.45, 2.75) is 52.7 Å². The Morgan fingerprint density at radius 1 is 0.974 bits per heavy atom. The highest BCUT2D eigenvalue weighted by Gasteiger charge is 2.13. The van der Waals surface area contributed by atoms with Crippen LogP contribution in [0.4, 0.5) is 0 Å². The van der Waals surface area contributed by atoms with Crippen molar-refractivity contribution in [3.8, 4) is 11.6 Å². The van der Waals surface area contributed by atoms with Crippen LogP contribution in [0.25, 0.3) is 5.82 Å². The molecule has 2 aromatic heterocycles. The number of rotatable bonds is 11. The molecule has 2 heterocycles. The SMILES string of the molecule is Cc1cc(CCNC(=O)c2cccc(C[C@@H](C)NCC(O)c3ccc(-n4c(C)ccc4C)nc3)c2)ccc1O. The van der Waals surface area contributed by atoms with Gasteiger partial charge in [-0.1, -0.05) is 30.3 Å². The molecule has 0 spiro atoms. The van der Waals surface area contributed by atoms with Crippen LogP contribution in [0.5, 0.6) is 5.75 Å². The Bertz CT molecular complexity index is 1390. The molecule has 0 aliphatic carbocycles. The lowest BCUT2D eigenvalue weighted by molar-refractivity contribution is 0.0954. The van der Waals surface area contributed by atoms with Crippen molar-refractivity contribution in [1.82, 2.24) is 20.2 Å². The lowest BCUT2D eigenvalue weighted by Crippen LogP contribution is -2.32. The second-order valence-electron chi connectivity index (χ2n) is 10.3. The van der Waals surface area contributed by atoms with Gasteiger partial charge in [0.2, 0.25) is 0 Å². The number of hydrogen-bond acceptors (Lipinski definition) is 5. The van der Waals surface area contributed by atoms with Crippen LogP contribution in [0.1, 0.15) is 57.0 Å². The first-order chi connectivity index (χ1) is 18.7. The van der Waals surface area contributed by atoms with Gasteiger partial charge in [-0.3, -0.25) is 4.79 Å². The van der Waals surface area contributed by atoms with Gasteiger partial charge in [-0.15, -0.1) is 0 Å². The molecule has 0 radical (unpaired) electrons. The van der Waals surface area contributed by atoms with E-state index in [0.717, 1.165) is 45.9 Å². The van der Waals surface area contributed by atoms with Gasteiger partial charge in [0.05, 0.1) is 6.10 Å². The molecule has 0 saturated heterocycles. The van der Waals surface area contributed by atoms with Crippen molar-refractivity contribution < 1.29 is 15.0 Å². The number of aromatic hydroxyl groups is 1. The number of aromatic nitrogens is 2. The minimum absolute atomic E-state index is 0.105. The third kappa shape index (κ3) is 7.34. The Morgan fingerprint density at radius 2 is 1.74 bits per heavy atom. The first-order valence-corrected chi connectivity index (χ1v) is 13.4. The molecule has 0 saturated carbocycles. The van der Waals surface area contributed by atoms with Gasteiger partial charge < -0.3 is 25.4 Å². The predicted molar refractivity (Wildman–Crippen MR) is 154 cm³/mol. The number of amides is 1. The highest BCUT2D eigenvalue weighted by molar-refractivity contribution is 5.94. The Balaban J connectivity index is 1.25. The molecule has 39 heavy (non-hydrogen) atoms. The fourth-order valence-electron chi connectivity index (χ4n) is 4.75. The Kier molecular flexibility index (Phi) is 9.17. The topological polar surface area (TPSA) is 99.4 Å². The van der Waals surface area contributed by atoms with E-state index < -0.39 is 6.10 Å². The van der Waals surface area contributed by atoms with Crippen LogP contribution in [-0.4, -0.2) is 44.8 Å². The number of benzene rings is 2. The van der Waals surface area contributed by atoms with Gasteiger partial charge in [0.15, 0.2) is 0 Å². The number of phenolic OH excluding ortho intramolecular Hbond substituents is 1. The smallest absolute Gasteiger partial charge is 0.251 e. The molecule has 7 heteroatoms. The van der Waals surface area contributed by atoms with E-state index in [0.29, 0.717) is 25.1 Å². The van der Waals surface area contributed by atoms with Crippen molar-refractivity contribution in [2.24, 2.45) is 0 Å². The van der Waals surface area contributed by atoms with Gasteiger partial charge in [0.1, 0.15) is 11.6 Å². The summed E-state index contributed by atoms with van der Waals surface area (Å²) >= 11 is 0. The molecule has 1 amide bonds. The fraction of sp³-hybridized carbons (Fsp3) is 0.312. The number of aryl methyl sites for hydroxylation is 3. The zero-order valence-electron chi connectivity index (χ0n) is 23.1. The number of pyridine rings is 1. The zero-order valence-corrected chi connectivity index (χ0v) is 23.1. The number of phenols is 1. The van der Waals surface area contributed by atoms with Crippen LogP contribution in [0.15, 0.2) is 72.9 Å². The van der Waals surface area contributed by atoms with Crippen LogP contribution < -0.4 is 10.6 Å². The molecular formula is C32H38N4O3. The monoisotopic (exact) mass is 526 g/mol. The molecular weight excluding hydrogens is 488 g/mol. The van der Waals surface area contributed by atoms with E-state index in [-0.39, 0.29) is 17.7 Å². The fourth-order valence-corrected chi connectivity index (χ4v) is 4.75. The number of nitrogens with zero attached hydrogens (tertiary/aromatic N) is 2. The van der Waals surface area contributed by atoms with Gasteiger partial charge in [-0.2, -0.15) is 0 Å². The van der Waals surface area contributed by atoms with Crippen LogP contribution in [0.3, 0.4) is 0 Å². The molecule has 0 aliphatic rings. The normalized spacial score (nSPS) is 12.7. The molecule has 0 fully saturated rings. The standard InChI is InChI=1S/C32H38N4O3/c1-21-16-25(10-12-29(21)37)14-15-33-32(39)27-7-5-6-26(18-27)17-22(2)34-20-30(38)28-11-13-31(35-19-28)36-23(3)8-9-24(36)4/h5-13,16,18-19,22,30,34,37-38H,14-15,17,20H2,1-4H3,(H,33,39)/t22-,30?/m1/s1. The second kappa shape index (κ2) is 12.7. The van der Waals surface area contributed by atoms with Crippen LogP contribution in [0, 0.1) is 20.8 Å². The van der Waals surface area contributed by atoms with Gasteiger partial charge in [0, 0.05) is 47.8 Å². The van der Waals surface area contributed by atoms with E-state index in [4.69, 9.17) is 0 Å². The summed E-state index contributed by atoms with van der Waals surface area (Å²) < 4.78 is 2.08. The minimum atomic E-state index is -0.671. The molecule has 4 aromatic rings. The van der Waals surface area contributed by atoms with E-state index in [2.05, 4.69) is 39.2 Å². The molecule has 0 aliphatic heterocycles. The van der Waals surface area contributed by atoms with E-state index in [9.17, 15) is 15.0 Å². The van der Waals surface area contributed by atoms with E-state index in [1.807, 2.05) is 69.3 Å². The highest BCUT2D eigenvalue weighted by Crippen LogP contribution is 2.18. The lowest BCUT2D eigenvalue weighted by atomic mass is 10.0. The number of aliphatic hydroxyl groups excluding tert-OH is 1. The molecule has 204 valence electrons. The summed E-state index contributed by atoms with van der Waals surface area (Å²) in [5.41, 5.74) is 6.58. The lowest BCUT2D eigenvalue weighted by Gasteiger charge is -2.18. The van der Waals surface area contributed by atoms with Gasteiger partial charge in [-0.05, 0) is 93.6 Å². The van der Waals surface area contributed by atoms with Crippen LogP contribution in [-0.2, 0) is 12.8 Å². The number of hydrogen-bond donors (Lipinski definition) is 4. The van der Waals surface area contributed by atoms with Crippen molar-refractivity contribution in [2.75, 3.05) is 13.1 Å². The van der Waals surface area contributed by atoms with E-state index in [1.54, 1.807) is 12.3 Å². The third-order valence-corrected chi connectivity index (χ3v) is 7.01. The quantitative estimate of drug-likeness (QED) is 0.226. The summed E-state index contributed by atoms with van der Waals surface area (Å²) in [6.45, 7) is 8.94. The summed E-state index contributed by atoms with van der Waals surface area (Å²) in [5, 5.41) is 26.8. The highest BCUT2D eigenvalue weighted by atomic mass is 16.3. The molecule has 4 rings (SSSR count). The number of aliphatic hydroxyl groups is 1. The zero-order chi connectivity index (χ0) is 27.9. The molecule has 4 N–H and O–H groups in total. The number of carbonyl (C=O) groups excluding carboxylic acids is 1. The summed E-state index contributed by atoms with van der Waals surface area (Å²) in [4.78, 5) is 17.3. The largest absolute Gasteiger partial charge is 0.508 e. The molecule has 2 atom stereocenters. The predicted octanol–water partition coefficient (Wildman–Crippen LogP) is 4.73. The van der Waals surface area contributed by atoms with Gasteiger partial charge >= 0.3 is 0 Å². The summed E-state index contributed by atoms with van der Waals surface area (Å²) in [7, 11) is 0. The Labute approximate surface area is 230 Å². The third-order valence-electron chi connectivity index (χ3n) is 7.01. The first kappa shape index (κ1) is 28.1. The molecule has 0 bridgehead atoms. The number of carbonyl (C=O) groups is 1. The Morgan fingerprint density at radius 3 is 2.44 bits per heavy atom. The summed E-state index contributed by atoms with van der Waals surface area (Å²) in [6, 6.07) is 21.2. The summed E-state index contributed by atoms with van der Waals surface area (Å²) in [5.74, 6) is 1.01. The van der Waals surface area contributed by atoms with Crippen LogP contribution >= 0.6 is 0 Å². The van der Waals surface area contributed by atoms with Crippen LogP contribution in [0.2, 0.25) is 0 Å². The Hall–Kier alpha value is -3.94. The maximum Gasteiger partial charge on any atom is 0.251 e. The summed E-state index contributed by atoms with van der Waals surface area (Å²) in [6.07, 6.45) is 2.48. The maximum absolute atomic E-state index is 12.7. The maximum atomic E-state index is 12.7. The van der Waals surface area contributed by atoms with E-state index >= 15 is 0 Å². The molecule has 1 unspecified atom stereocenters. The van der Waals surface area contributed by atoms with Crippen molar-refractivity contribution in [3.63, 3.8) is 0 Å². The first-order valence-electron chi connectivity index (χ1n) is 13.4. The number of nitrogens with one attached hydrogen (secondary N) is 2. The van der Waals surface area contributed by atoms with E-state index in [1.165, 1.54) is 0 Å². The van der Waals surface area contributed by atoms with Gasteiger partial charge in [0.25, 0.3) is 5.91 Å². The average Bonchev–Trinajstić information content (AvgIpc) is 3.27. The minimum Gasteiger partial charge on any atom is -0.508 e. The molecule has 7 nitrogen and oxygen atoms in total. The van der Waals surface area contributed by atoms with Crippen molar-refractivity contribution in [1.29, 1.82) is 0 Å².